The van der Waals surface area contributed by atoms with Gasteiger partial charge in [-0.25, -0.2) is 4.90 Å². The predicted octanol–water partition coefficient (Wildman–Crippen LogP) is 5.15. The van der Waals surface area contributed by atoms with E-state index in [9.17, 15) is 9.59 Å². The van der Waals surface area contributed by atoms with Gasteiger partial charge in [0.1, 0.15) is 5.70 Å². The normalized spacial score (nSPS) is 13.9. The van der Waals surface area contributed by atoms with Gasteiger partial charge in [-0.3, -0.25) is 9.59 Å². The van der Waals surface area contributed by atoms with Gasteiger partial charge in [-0.2, -0.15) is 0 Å². The minimum absolute atomic E-state index is 0.340. The summed E-state index contributed by atoms with van der Waals surface area (Å²) in [7, 11) is 0. The lowest BCUT2D eigenvalue weighted by Gasteiger charge is -2.25. The number of para-hydroxylation sites is 1. The van der Waals surface area contributed by atoms with Crippen molar-refractivity contribution in [1.29, 1.82) is 0 Å². The van der Waals surface area contributed by atoms with E-state index in [1.165, 1.54) is 4.90 Å². The molecule has 0 N–H and O–H groups in total. The van der Waals surface area contributed by atoms with Gasteiger partial charge in [-0.05, 0) is 48.9 Å². The largest absolute Gasteiger partial charge is 0.337 e. The smallest absolute Gasteiger partial charge is 0.282 e. The molecule has 3 aromatic rings. The zero-order valence-corrected chi connectivity index (χ0v) is 16.6. The van der Waals surface area contributed by atoms with E-state index in [1.807, 2.05) is 72.5 Å². The second-order valence-electron chi connectivity index (χ2n) is 6.59. The van der Waals surface area contributed by atoms with E-state index >= 15 is 0 Å². The lowest BCUT2D eigenvalue weighted by Crippen LogP contribution is -2.35. The quantitative estimate of drug-likeness (QED) is 0.554. The molecule has 0 unspecified atom stereocenters. The second-order valence-corrected chi connectivity index (χ2v) is 7.03. The molecule has 0 bridgehead atoms. The van der Waals surface area contributed by atoms with Crippen LogP contribution < -0.4 is 9.80 Å². The number of carbonyl (C=O) groups excluding carboxylic acids is 2. The maximum absolute atomic E-state index is 13.5. The maximum Gasteiger partial charge on any atom is 0.282 e. The molecular formula is C24H19ClN2O2. The van der Waals surface area contributed by atoms with Crippen molar-refractivity contribution in [1.82, 2.24) is 0 Å². The molecule has 0 aromatic heterocycles. The molecule has 1 aliphatic rings. The molecule has 2 amide bonds. The molecule has 5 heteroatoms. The van der Waals surface area contributed by atoms with Crippen molar-refractivity contribution < 1.29 is 9.59 Å². The van der Waals surface area contributed by atoms with Crippen LogP contribution in [0.5, 0.6) is 0 Å². The van der Waals surface area contributed by atoms with Gasteiger partial charge < -0.3 is 4.90 Å². The van der Waals surface area contributed by atoms with Crippen LogP contribution in [-0.4, -0.2) is 18.4 Å². The number of carbonyl (C=O) groups is 2. The highest BCUT2D eigenvalue weighted by Gasteiger charge is 2.42. The van der Waals surface area contributed by atoms with Crippen LogP contribution in [-0.2, 0) is 9.59 Å². The van der Waals surface area contributed by atoms with Crippen molar-refractivity contribution >= 4 is 40.4 Å². The molecular weight excluding hydrogens is 384 g/mol. The number of rotatable bonds is 5. The van der Waals surface area contributed by atoms with Gasteiger partial charge in [-0.1, -0.05) is 60.1 Å². The summed E-state index contributed by atoms with van der Waals surface area (Å²) in [6.07, 6.45) is 0. The molecule has 0 aliphatic carbocycles. The zero-order valence-electron chi connectivity index (χ0n) is 15.9. The third-order valence-electron chi connectivity index (χ3n) is 4.86. The van der Waals surface area contributed by atoms with Crippen LogP contribution >= 0.6 is 11.6 Å². The Kier molecular flexibility index (Phi) is 5.19. The maximum atomic E-state index is 13.5. The number of hydrogen-bond acceptors (Lipinski definition) is 3. The van der Waals surface area contributed by atoms with Crippen molar-refractivity contribution in [3.05, 3.63) is 101 Å². The Hall–Kier alpha value is -3.37. The summed E-state index contributed by atoms with van der Waals surface area (Å²) < 4.78 is 0. The Morgan fingerprint density at radius 1 is 0.793 bits per heavy atom. The van der Waals surface area contributed by atoms with E-state index in [0.29, 0.717) is 34.1 Å². The molecule has 0 saturated heterocycles. The second kappa shape index (κ2) is 7.94. The highest BCUT2D eigenvalue weighted by atomic mass is 35.5. The van der Waals surface area contributed by atoms with E-state index in [4.69, 9.17) is 11.6 Å². The molecule has 0 fully saturated rings. The predicted molar refractivity (Wildman–Crippen MR) is 117 cm³/mol. The van der Waals surface area contributed by atoms with Crippen LogP contribution in [0.4, 0.5) is 11.4 Å². The van der Waals surface area contributed by atoms with Crippen molar-refractivity contribution in [3.63, 3.8) is 0 Å². The highest BCUT2D eigenvalue weighted by Crippen LogP contribution is 2.36. The van der Waals surface area contributed by atoms with Gasteiger partial charge in [0.15, 0.2) is 0 Å². The molecule has 0 spiro atoms. The third-order valence-corrected chi connectivity index (χ3v) is 5.11. The van der Waals surface area contributed by atoms with Crippen LogP contribution in [0.1, 0.15) is 12.5 Å². The van der Waals surface area contributed by atoms with Gasteiger partial charge in [0, 0.05) is 17.3 Å². The third kappa shape index (κ3) is 3.43. The van der Waals surface area contributed by atoms with Gasteiger partial charge in [-0.15, -0.1) is 0 Å². The van der Waals surface area contributed by atoms with E-state index in [0.717, 1.165) is 5.69 Å². The van der Waals surface area contributed by atoms with E-state index in [2.05, 4.69) is 0 Å². The number of hydrogen-bond donors (Lipinski definition) is 0. The van der Waals surface area contributed by atoms with Crippen LogP contribution in [0.25, 0.3) is 5.57 Å². The molecule has 144 valence electrons. The molecule has 29 heavy (non-hydrogen) atoms. The minimum Gasteiger partial charge on any atom is -0.337 e. The van der Waals surface area contributed by atoms with E-state index < -0.39 is 0 Å². The lowest BCUT2D eigenvalue weighted by atomic mass is 10.0. The van der Waals surface area contributed by atoms with Gasteiger partial charge >= 0.3 is 0 Å². The monoisotopic (exact) mass is 402 g/mol. The number of halogens is 1. The number of anilines is 2. The van der Waals surface area contributed by atoms with Crippen LogP contribution in [0.3, 0.4) is 0 Å². The fourth-order valence-electron chi connectivity index (χ4n) is 3.54. The molecule has 4 nitrogen and oxygen atoms in total. The highest BCUT2D eigenvalue weighted by molar-refractivity contribution is 6.46. The Bertz CT molecular complexity index is 1080. The standard InChI is InChI=1S/C24H19ClN2O2/c1-2-26(19-11-7-4-8-12-19)22-21(17-9-5-3-6-10-17)23(28)27(24(22)29)20-15-13-18(25)14-16-20/h3-16H,2H2,1H3. The van der Waals surface area contributed by atoms with Crippen molar-refractivity contribution in [2.24, 2.45) is 0 Å². The number of imide groups is 1. The summed E-state index contributed by atoms with van der Waals surface area (Å²) in [5.74, 6) is -0.685. The van der Waals surface area contributed by atoms with E-state index in [1.54, 1.807) is 24.3 Å². The summed E-state index contributed by atoms with van der Waals surface area (Å²) in [5, 5.41) is 0.545. The van der Waals surface area contributed by atoms with E-state index in [-0.39, 0.29) is 11.8 Å². The summed E-state index contributed by atoms with van der Waals surface area (Å²) in [5.41, 5.74) is 2.85. The fourth-order valence-corrected chi connectivity index (χ4v) is 3.66. The summed E-state index contributed by atoms with van der Waals surface area (Å²) in [6, 6.07) is 25.6. The average molecular weight is 403 g/mol. The number of amides is 2. The number of benzene rings is 3. The first-order valence-corrected chi connectivity index (χ1v) is 9.76. The van der Waals surface area contributed by atoms with Crippen molar-refractivity contribution in [2.45, 2.75) is 6.92 Å². The number of likely N-dealkylation sites (N-methyl/N-ethyl adjacent to an activating group) is 1. The van der Waals surface area contributed by atoms with Crippen LogP contribution in [0, 0.1) is 0 Å². The molecule has 3 aromatic carbocycles. The molecule has 0 atom stereocenters. The topological polar surface area (TPSA) is 40.6 Å². The van der Waals surface area contributed by atoms with Crippen LogP contribution in [0.2, 0.25) is 5.02 Å². The first kappa shape index (κ1) is 19.0. The Morgan fingerprint density at radius 2 is 1.38 bits per heavy atom. The van der Waals surface area contributed by atoms with Gasteiger partial charge in [0.25, 0.3) is 11.8 Å². The Balaban J connectivity index is 1.89. The summed E-state index contributed by atoms with van der Waals surface area (Å²) in [4.78, 5) is 30.1. The molecule has 4 rings (SSSR count). The summed E-state index contributed by atoms with van der Waals surface area (Å²) in [6.45, 7) is 2.51. The SMILES string of the molecule is CCN(C1=C(c2ccccc2)C(=O)N(c2ccc(Cl)cc2)C1=O)c1ccccc1. The zero-order chi connectivity index (χ0) is 20.4. The number of nitrogens with zero attached hydrogens (tertiary/aromatic N) is 2. The summed E-state index contributed by atoms with van der Waals surface area (Å²) >= 11 is 5.99. The van der Waals surface area contributed by atoms with Gasteiger partial charge in [0.2, 0.25) is 0 Å². The Labute approximate surface area is 174 Å². The fraction of sp³-hybridized carbons (Fsp3) is 0.0833. The lowest BCUT2D eigenvalue weighted by molar-refractivity contribution is -0.120. The van der Waals surface area contributed by atoms with Crippen LogP contribution in [0.15, 0.2) is 90.6 Å². The molecule has 1 aliphatic heterocycles. The van der Waals surface area contributed by atoms with Crippen molar-refractivity contribution in [3.8, 4) is 0 Å². The Morgan fingerprint density at radius 3 is 1.97 bits per heavy atom. The molecule has 0 radical (unpaired) electrons. The minimum atomic E-state index is -0.345. The van der Waals surface area contributed by atoms with Crippen molar-refractivity contribution in [2.75, 3.05) is 16.3 Å². The first-order chi connectivity index (χ1) is 14.1. The molecule has 0 saturated carbocycles. The van der Waals surface area contributed by atoms with Gasteiger partial charge in [0.05, 0.1) is 11.3 Å². The first-order valence-electron chi connectivity index (χ1n) is 9.38. The average Bonchev–Trinajstić information content (AvgIpc) is 3.01. The molecule has 1 heterocycles.